The van der Waals surface area contributed by atoms with Crippen molar-refractivity contribution in [1.82, 2.24) is 5.32 Å². The third kappa shape index (κ3) is 3.19. The molecule has 0 fully saturated rings. The van der Waals surface area contributed by atoms with E-state index in [1.807, 2.05) is 25.2 Å². The number of nitrogens with one attached hydrogen (secondary N) is 1. The lowest BCUT2D eigenvalue weighted by Gasteiger charge is -2.03. The zero-order valence-electron chi connectivity index (χ0n) is 8.88. The summed E-state index contributed by atoms with van der Waals surface area (Å²) in [6.07, 6.45) is 2.12. The molecule has 0 bridgehead atoms. The van der Waals surface area contributed by atoms with Crippen LogP contribution in [-0.2, 0) is 0 Å². The highest BCUT2D eigenvalue weighted by Crippen LogP contribution is 2.14. The van der Waals surface area contributed by atoms with E-state index in [0.29, 0.717) is 0 Å². The van der Waals surface area contributed by atoms with Crippen molar-refractivity contribution in [3.63, 3.8) is 0 Å². The molecule has 1 heteroatoms. The Bertz CT molecular complexity index is 322. The predicted octanol–water partition coefficient (Wildman–Crippen LogP) is 2.87. The van der Waals surface area contributed by atoms with Gasteiger partial charge < -0.3 is 5.32 Å². The van der Waals surface area contributed by atoms with Gasteiger partial charge in [-0.2, -0.15) is 0 Å². The van der Waals surface area contributed by atoms with Crippen LogP contribution in [0.25, 0.3) is 5.57 Å². The first kappa shape index (κ1) is 10.7. The second-order valence-corrected chi connectivity index (χ2v) is 3.38. The highest BCUT2D eigenvalue weighted by molar-refractivity contribution is 5.66. The van der Waals surface area contributed by atoms with Crippen molar-refractivity contribution in [1.29, 1.82) is 0 Å². The molecule has 0 radical (unpaired) electrons. The average molecular weight is 187 g/mol. The van der Waals surface area contributed by atoms with Crippen LogP contribution in [0.15, 0.2) is 48.6 Å². The first-order chi connectivity index (χ1) is 6.74. The van der Waals surface area contributed by atoms with Crippen LogP contribution in [-0.4, -0.2) is 13.6 Å². The molecule has 0 aliphatic carbocycles. The van der Waals surface area contributed by atoms with Gasteiger partial charge in [-0.15, -0.1) is 0 Å². The molecule has 0 saturated heterocycles. The maximum atomic E-state index is 3.97. The van der Waals surface area contributed by atoms with Gasteiger partial charge in [0.1, 0.15) is 0 Å². The van der Waals surface area contributed by atoms with Crippen LogP contribution in [0.3, 0.4) is 0 Å². The van der Waals surface area contributed by atoms with Crippen molar-refractivity contribution in [2.45, 2.75) is 6.92 Å². The maximum Gasteiger partial charge on any atom is 0.0196 e. The van der Waals surface area contributed by atoms with Crippen LogP contribution in [0.5, 0.6) is 0 Å². The van der Waals surface area contributed by atoms with E-state index in [0.717, 1.165) is 12.1 Å². The van der Waals surface area contributed by atoms with Gasteiger partial charge in [-0.05, 0) is 30.7 Å². The monoisotopic (exact) mass is 187 g/mol. The summed E-state index contributed by atoms with van der Waals surface area (Å²) in [5, 5.41) is 3.08. The molecular weight excluding hydrogens is 170 g/mol. The summed E-state index contributed by atoms with van der Waals surface area (Å²) in [6.45, 7) is 6.92. The maximum absolute atomic E-state index is 3.97. The summed E-state index contributed by atoms with van der Waals surface area (Å²) < 4.78 is 0. The van der Waals surface area contributed by atoms with Crippen LogP contribution < -0.4 is 5.32 Å². The van der Waals surface area contributed by atoms with E-state index in [-0.39, 0.29) is 0 Å². The van der Waals surface area contributed by atoms with Crippen LogP contribution in [0.4, 0.5) is 0 Å². The van der Waals surface area contributed by atoms with Gasteiger partial charge in [-0.3, -0.25) is 0 Å². The number of rotatable bonds is 4. The molecule has 0 aromatic heterocycles. The second kappa shape index (κ2) is 5.40. The van der Waals surface area contributed by atoms with E-state index in [1.165, 1.54) is 11.1 Å². The Morgan fingerprint density at radius 1 is 1.36 bits per heavy atom. The van der Waals surface area contributed by atoms with Gasteiger partial charge in [0.2, 0.25) is 0 Å². The summed E-state index contributed by atoms with van der Waals surface area (Å²) in [4.78, 5) is 0. The lowest BCUT2D eigenvalue weighted by Crippen LogP contribution is -2.08. The molecule has 1 nitrogen and oxygen atoms in total. The normalized spacial score (nSPS) is 11.4. The molecule has 1 aromatic rings. The highest BCUT2D eigenvalue weighted by atomic mass is 14.8. The molecule has 0 aliphatic heterocycles. The average Bonchev–Trinajstić information content (AvgIpc) is 2.19. The fourth-order valence-electron chi connectivity index (χ4n) is 1.37. The van der Waals surface area contributed by atoms with Crippen LogP contribution in [0.1, 0.15) is 12.5 Å². The lowest BCUT2D eigenvalue weighted by molar-refractivity contribution is 0.898. The first-order valence-corrected chi connectivity index (χ1v) is 4.80. The molecule has 0 unspecified atom stereocenters. The van der Waals surface area contributed by atoms with E-state index in [1.54, 1.807) is 0 Å². The topological polar surface area (TPSA) is 12.0 Å². The Balaban J connectivity index is 2.75. The largest absolute Gasteiger partial charge is 0.316 e. The van der Waals surface area contributed by atoms with E-state index in [4.69, 9.17) is 0 Å². The van der Waals surface area contributed by atoms with Gasteiger partial charge in [0.25, 0.3) is 0 Å². The molecule has 0 aliphatic rings. The number of hydrogen-bond donors (Lipinski definition) is 1. The number of benzene rings is 1. The zero-order valence-corrected chi connectivity index (χ0v) is 8.88. The van der Waals surface area contributed by atoms with Crippen molar-refractivity contribution in [3.8, 4) is 0 Å². The summed E-state index contributed by atoms with van der Waals surface area (Å²) in [5.74, 6) is 0. The predicted molar refractivity (Wildman–Crippen MR) is 63.2 cm³/mol. The Morgan fingerprint density at radius 3 is 2.57 bits per heavy atom. The summed E-state index contributed by atoms with van der Waals surface area (Å²) >= 11 is 0. The Labute approximate surface area is 86.2 Å². The quantitative estimate of drug-likeness (QED) is 0.715. The Kier molecular flexibility index (Phi) is 4.14. The fourth-order valence-corrected chi connectivity index (χ4v) is 1.37. The van der Waals surface area contributed by atoms with Crippen molar-refractivity contribution < 1.29 is 0 Å². The number of likely N-dealkylation sites (N-methyl/N-ethyl adjacent to an activating group) is 1. The highest BCUT2D eigenvalue weighted by Gasteiger charge is 1.94. The molecular formula is C13H17N. The minimum atomic E-state index is 0.837. The summed E-state index contributed by atoms with van der Waals surface area (Å²) in [5.41, 5.74) is 3.62. The number of allylic oxidation sites excluding steroid dienone is 1. The lowest BCUT2D eigenvalue weighted by atomic mass is 10.1. The minimum Gasteiger partial charge on any atom is -0.316 e. The van der Waals surface area contributed by atoms with Crippen LogP contribution in [0.2, 0.25) is 0 Å². The first-order valence-electron chi connectivity index (χ1n) is 4.80. The molecule has 1 aromatic carbocycles. The van der Waals surface area contributed by atoms with Gasteiger partial charge in [-0.25, -0.2) is 0 Å². The Hall–Kier alpha value is -1.34. The van der Waals surface area contributed by atoms with Gasteiger partial charge in [0.05, 0.1) is 0 Å². The SMILES string of the molecule is C=C(/C=C(\C)c1ccccc1)CNC. The molecule has 14 heavy (non-hydrogen) atoms. The van der Waals surface area contributed by atoms with Gasteiger partial charge in [-0.1, -0.05) is 43.0 Å². The Morgan fingerprint density at radius 2 is 2.00 bits per heavy atom. The summed E-state index contributed by atoms with van der Waals surface area (Å²) in [6, 6.07) is 10.3. The van der Waals surface area contributed by atoms with E-state index in [9.17, 15) is 0 Å². The molecule has 0 spiro atoms. The van der Waals surface area contributed by atoms with Crippen molar-refractivity contribution >= 4 is 5.57 Å². The third-order valence-corrected chi connectivity index (χ3v) is 2.05. The van der Waals surface area contributed by atoms with Gasteiger partial charge in [0, 0.05) is 6.54 Å². The smallest absolute Gasteiger partial charge is 0.0196 e. The van der Waals surface area contributed by atoms with Gasteiger partial charge >= 0.3 is 0 Å². The molecule has 0 heterocycles. The van der Waals surface area contributed by atoms with E-state index < -0.39 is 0 Å². The van der Waals surface area contributed by atoms with E-state index >= 15 is 0 Å². The molecule has 0 atom stereocenters. The van der Waals surface area contributed by atoms with Crippen LogP contribution >= 0.6 is 0 Å². The van der Waals surface area contributed by atoms with Crippen molar-refractivity contribution in [3.05, 3.63) is 54.1 Å². The minimum absolute atomic E-state index is 0.837. The summed E-state index contributed by atoms with van der Waals surface area (Å²) in [7, 11) is 1.93. The number of hydrogen-bond acceptors (Lipinski definition) is 1. The standard InChI is InChI=1S/C13H17N/c1-11(10-14-3)9-12(2)13-7-5-4-6-8-13/h4-9,14H,1,10H2,2-3H3/b12-9+. The van der Waals surface area contributed by atoms with Crippen LogP contribution in [0, 0.1) is 0 Å². The molecule has 1 rings (SSSR count). The molecule has 1 N–H and O–H groups in total. The fraction of sp³-hybridized carbons (Fsp3) is 0.231. The molecule has 0 amide bonds. The third-order valence-electron chi connectivity index (χ3n) is 2.05. The van der Waals surface area contributed by atoms with Crippen molar-refractivity contribution in [2.75, 3.05) is 13.6 Å². The zero-order chi connectivity index (χ0) is 10.4. The molecule has 0 saturated carbocycles. The van der Waals surface area contributed by atoms with Gasteiger partial charge in [0.15, 0.2) is 0 Å². The van der Waals surface area contributed by atoms with Crippen molar-refractivity contribution in [2.24, 2.45) is 0 Å². The van der Waals surface area contributed by atoms with E-state index in [2.05, 4.69) is 37.0 Å². The molecule has 74 valence electrons. The second-order valence-electron chi connectivity index (χ2n) is 3.38.